The van der Waals surface area contributed by atoms with Crippen molar-refractivity contribution in [3.05, 3.63) is 0 Å². The quantitative estimate of drug-likeness (QED) is 0.634. The molecule has 0 fully saturated rings. The van der Waals surface area contributed by atoms with Crippen molar-refractivity contribution < 1.29 is 0 Å². The van der Waals surface area contributed by atoms with E-state index in [0.717, 1.165) is 0 Å². The van der Waals surface area contributed by atoms with Gasteiger partial charge < -0.3 is 0 Å². The second kappa shape index (κ2) is 8.84. The first-order valence-corrected chi connectivity index (χ1v) is 6.92. The molecular formula is CH6BrNPb. The summed E-state index contributed by atoms with van der Waals surface area (Å²) in [6.07, 6.45) is 0. The Morgan fingerprint density at radius 2 is 1.75 bits per heavy atom. The van der Waals surface area contributed by atoms with Crippen LogP contribution in [0.1, 0.15) is 0 Å². The third-order valence-corrected chi connectivity index (χ3v) is 0. The second-order valence-corrected chi connectivity index (χ2v) is 2.53. The van der Waals surface area contributed by atoms with Crippen LogP contribution >= 0.6 is 17.0 Å². The van der Waals surface area contributed by atoms with Gasteiger partial charge in [0.15, 0.2) is 0 Å². The standard InChI is InChI=1S/CH3.BrH.H2N.Pb/h1H3;1H;1H2;/q;;-1;+1. The zero-order valence-corrected chi connectivity index (χ0v) is 8.09. The maximum absolute atomic E-state index is 5.04. The summed E-state index contributed by atoms with van der Waals surface area (Å²) in [6.45, 7) is 0. The van der Waals surface area contributed by atoms with E-state index in [2.05, 4.69) is 4.48 Å². The van der Waals surface area contributed by atoms with Crippen LogP contribution in [0.4, 0.5) is 0 Å². The normalized spacial score (nSPS) is 4.50. The number of nitrogens with two attached hydrogens (primary N) is 1. The summed E-state index contributed by atoms with van der Waals surface area (Å²) < 4.78 is 7.14. The van der Waals surface area contributed by atoms with Crippen molar-refractivity contribution in [3.8, 4) is 0 Å². The molecule has 0 aromatic heterocycles. The van der Waals surface area contributed by atoms with Gasteiger partial charge in [-0.2, -0.15) is 0 Å². The SMILES string of the molecule is Br.[CH3][Pb][NH2]. The molecule has 2 N–H and O–H groups in total. The third-order valence-electron chi connectivity index (χ3n) is 0. The van der Waals surface area contributed by atoms with Crippen molar-refractivity contribution in [1.82, 2.24) is 0 Å². The van der Waals surface area contributed by atoms with Crippen LogP contribution < -0.4 is 3.54 Å². The van der Waals surface area contributed by atoms with E-state index in [1.807, 2.05) is 0 Å². The molecular weight excluding hydrogens is 313 g/mol. The molecule has 0 heterocycles. The van der Waals surface area contributed by atoms with Crippen LogP contribution in [0, 0.1) is 0 Å². The topological polar surface area (TPSA) is 26.0 Å². The van der Waals surface area contributed by atoms with Crippen LogP contribution in [0.5, 0.6) is 0 Å². The van der Waals surface area contributed by atoms with E-state index in [1.165, 1.54) is 0 Å². The summed E-state index contributed by atoms with van der Waals surface area (Å²) in [5.74, 6) is 0. The second-order valence-electron chi connectivity index (χ2n) is 0.289. The monoisotopic (exact) mass is 319 g/mol. The van der Waals surface area contributed by atoms with Crippen molar-refractivity contribution in [2.24, 2.45) is 3.54 Å². The van der Waals surface area contributed by atoms with E-state index < -0.39 is 24.5 Å². The van der Waals surface area contributed by atoms with Gasteiger partial charge in [-0.15, -0.1) is 17.0 Å². The fraction of sp³-hybridized carbons (Fsp3) is 1.00. The predicted octanol–water partition coefficient (Wildman–Crippen LogP) is 0.190. The number of hydrogen-bond acceptors (Lipinski definition) is 1. The Labute approximate surface area is 49.4 Å². The fourth-order valence-electron chi connectivity index (χ4n) is 0. The van der Waals surface area contributed by atoms with Gasteiger partial charge in [-0.3, -0.25) is 0 Å². The van der Waals surface area contributed by atoms with E-state index in [0.29, 0.717) is 0 Å². The van der Waals surface area contributed by atoms with Gasteiger partial charge >= 0.3 is 32.6 Å². The summed E-state index contributed by atoms with van der Waals surface area (Å²) in [6, 6.07) is 0. The Balaban J connectivity index is 0. The van der Waals surface area contributed by atoms with Crippen LogP contribution in [-0.2, 0) is 0 Å². The summed E-state index contributed by atoms with van der Waals surface area (Å²) in [4.78, 5) is 0. The summed E-state index contributed by atoms with van der Waals surface area (Å²) in [5, 5.41) is 0. The van der Waals surface area contributed by atoms with Crippen molar-refractivity contribution in [2.75, 3.05) is 0 Å². The van der Waals surface area contributed by atoms with Gasteiger partial charge in [-0.05, 0) is 0 Å². The zero-order chi connectivity index (χ0) is 2.71. The molecule has 0 rings (SSSR count). The number of halogens is 1. The van der Waals surface area contributed by atoms with E-state index in [4.69, 9.17) is 3.54 Å². The Hall–Kier alpha value is 1.36. The Bertz CT molecular complexity index is 8.00. The average Bonchev–Trinajstić information content (AvgIpc) is 0.918. The minimum absolute atomic E-state index is 0. The van der Waals surface area contributed by atoms with Gasteiger partial charge in [0, 0.05) is 0 Å². The number of hydrogen-bond donors (Lipinski definition) is 1. The molecule has 26 valence electrons. The van der Waals surface area contributed by atoms with Gasteiger partial charge in [0.1, 0.15) is 0 Å². The van der Waals surface area contributed by atoms with E-state index in [1.54, 1.807) is 0 Å². The first-order valence-electron chi connectivity index (χ1n) is 0.789. The first-order chi connectivity index (χ1) is 1.41. The molecule has 0 aliphatic heterocycles. The van der Waals surface area contributed by atoms with Crippen LogP contribution in [0.25, 0.3) is 0 Å². The molecule has 0 aliphatic carbocycles. The van der Waals surface area contributed by atoms with Crippen LogP contribution in [-0.4, -0.2) is 24.5 Å². The molecule has 0 aliphatic rings. The van der Waals surface area contributed by atoms with Crippen molar-refractivity contribution in [1.29, 1.82) is 0 Å². The van der Waals surface area contributed by atoms with Gasteiger partial charge in [0.2, 0.25) is 0 Å². The molecule has 0 aromatic rings. The first kappa shape index (κ1) is 9.03. The molecule has 4 heavy (non-hydrogen) atoms. The molecule has 0 unspecified atom stereocenters. The van der Waals surface area contributed by atoms with Crippen LogP contribution in [0.2, 0.25) is 4.48 Å². The van der Waals surface area contributed by atoms with Gasteiger partial charge in [-0.1, -0.05) is 0 Å². The van der Waals surface area contributed by atoms with Gasteiger partial charge in [0.25, 0.3) is 0 Å². The summed E-state index contributed by atoms with van der Waals surface area (Å²) in [5.41, 5.74) is 0. The minimum atomic E-state index is -0.417. The molecule has 0 amide bonds. The van der Waals surface area contributed by atoms with Crippen molar-refractivity contribution in [3.63, 3.8) is 0 Å². The molecule has 0 spiro atoms. The van der Waals surface area contributed by atoms with Crippen LogP contribution in [0.3, 0.4) is 0 Å². The maximum atomic E-state index is 5.04. The summed E-state index contributed by atoms with van der Waals surface area (Å²) in [7, 11) is 0. The molecule has 0 saturated carbocycles. The van der Waals surface area contributed by atoms with Crippen molar-refractivity contribution >= 4 is 41.5 Å². The Morgan fingerprint density at radius 3 is 1.75 bits per heavy atom. The molecule has 0 atom stereocenters. The number of rotatable bonds is 0. The van der Waals surface area contributed by atoms with E-state index in [9.17, 15) is 0 Å². The van der Waals surface area contributed by atoms with E-state index in [-0.39, 0.29) is 17.0 Å². The van der Waals surface area contributed by atoms with Gasteiger partial charge in [0.05, 0.1) is 0 Å². The van der Waals surface area contributed by atoms with E-state index >= 15 is 0 Å². The fourth-order valence-corrected chi connectivity index (χ4v) is 0. The molecule has 0 aromatic carbocycles. The third kappa shape index (κ3) is 10.1. The Kier molecular flexibility index (Phi) is 19.9. The summed E-state index contributed by atoms with van der Waals surface area (Å²) >= 11 is -0.417. The van der Waals surface area contributed by atoms with Gasteiger partial charge in [-0.25, -0.2) is 0 Å². The average molecular weight is 319 g/mol. The molecule has 3 heteroatoms. The molecule has 2 radical (unpaired) electrons. The van der Waals surface area contributed by atoms with Crippen molar-refractivity contribution in [2.45, 2.75) is 4.48 Å². The Morgan fingerprint density at radius 1 is 1.75 bits per heavy atom. The zero-order valence-electron chi connectivity index (χ0n) is 2.49. The predicted molar refractivity (Wildman–Crippen MR) is 26.1 cm³/mol. The molecule has 0 saturated heterocycles. The molecule has 1 nitrogen and oxygen atoms in total. The van der Waals surface area contributed by atoms with Crippen LogP contribution in [0.15, 0.2) is 0 Å². The molecule has 0 bridgehead atoms.